The summed E-state index contributed by atoms with van der Waals surface area (Å²) in [6, 6.07) is 16.1. The highest BCUT2D eigenvalue weighted by Crippen LogP contribution is 2.31. The summed E-state index contributed by atoms with van der Waals surface area (Å²) in [6.07, 6.45) is 0. The molecule has 3 aromatic rings. The molecule has 0 radical (unpaired) electrons. The molecule has 0 aliphatic heterocycles. The van der Waals surface area contributed by atoms with Crippen molar-refractivity contribution in [2.75, 3.05) is 10.6 Å². The third kappa shape index (κ3) is 4.99. The van der Waals surface area contributed by atoms with E-state index in [4.69, 9.17) is 0 Å². The second-order valence-corrected chi connectivity index (χ2v) is 8.86. The lowest BCUT2D eigenvalue weighted by molar-refractivity contribution is -0.123. The molecule has 1 aromatic heterocycles. The first kappa shape index (κ1) is 21.4. The van der Waals surface area contributed by atoms with E-state index in [9.17, 15) is 14.4 Å². The highest BCUT2D eigenvalue weighted by Gasteiger charge is 2.22. The first-order valence-corrected chi connectivity index (χ1v) is 10.3. The van der Waals surface area contributed by atoms with Crippen LogP contribution in [0.1, 0.15) is 47.7 Å². The third-order valence-corrected chi connectivity index (χ3v) is 5.35. The summed E-state index contributed by atoms with van der Waals surface area (Å²) in [4.78, 5) is 41.9. The molecule has 0 saturated carbocycles. The molecule has 2 aromatic carbocycles. The largest absolute Gasteiger partial charge is 0.326 e. The van der Waals surface area contributed by atoms with Crippen LogP contribution in [-0.2, 0) is 4.79 Å². The van der Waals surface area contributed by atoms with Crippen LogP contribution in [0, 0.1) is 5.41 Å². The fourth-order valence-electron chi connectivity index (χ4n) is 2.63. The summed E-state index contributed by atoms with van der Waals surface area (Å²) in [6.45, 7) is 6.93. The Bertz CT molecular complexity index is 1100. The van der Waals surface area contributed by atoms with E-state index in [2.05, 4.69) is 15.6 Å². The van der Waals surface area contributed by atoms with Crippen LogP contribution < -0.4 is 10.6 Å². The van der Waals surface area contributed by atoms with Crippen LogP contribution in [0.4, 0.5) is 10.8 Å². The van der Waals surface area contributed by atoms with Gasteiger partial charge in [0.1, 0.15) is 0 Å². The van der Waals surface area contributed by atoms with Crippen molar-refractivity contribution in [1.82, 2.24) is 4.98 Å². The number of carbonyl (C=O) groups is 3. The number of thiazole rings is 1. The zero-order valence-corrected chi connectivity index (χ0v) is 18.1. The number of amides is 2. The first-order chi connectivity index (χ1) is 14.1. The minimum absolute atomic E-state index is 0.112. The fourth-order valence-corrected chi connectivity index (χ4v) is 3.51. The standard InChI is InChI=1S/C23H23N3O3S/c1-14(27)19-18(15-9-6-5-7-10-15)25-22(30-19)26-20(28)16-11-8-12-17(13-16)24-21(29)23(2,3)4/h5-13H,1-4H3,(H,24,29)(H,25,26,28). The van der Waals surface area contributed by atoms with Crippen molar-refractivity contribution in [1.29, 1.82) is 0 Å². The van der Waals surface area contributed by atoms with Gasteiger partial charge in [0.2, 0.25) is 5.91 Å². The van der Waals surface area contributed by atoms with Crippen LogP contribution in [0.5, 0.6) is 0 Å². The molecule has 0 saturated heterocycles. The van der Waals surface area contributed by atoms with E-state index in [0.29, 0.717) is 27.0 Å². The van der Waals surface area contributed by atoms with Gasteiger partial charge in [0.25, 0.3) is 5.91 Å². The summed E-state index contributed by atoms with van der Waals surface area (Å²) in [5.41, 5.74) is 1.73. The van der Waals surface area contributed by atoms with Crippen LogP contribution in [0.25, 0.3) is 11.3 Å². The number of hydrogen-bond acceptors (Lipinski definition) is 5. The van der Waals surface area contributed by atoms with Crippen molar-refractivity contribution in [2.24, 2.45) is 5.41 Å². The molecule has 0 bridgehead atoms. The topological polar surface area (TPSA) is 88.2 Å². The van der Waals surface area contributed by atoms with E-state index in [1.165, 1.54) is 6.92 Å². The predicted molar refractivity (Wildman–Crippen MR) is 120 cm³/mol. The maximum Gasteiger partial charge on any atom is 0.257 e. The predicted octanol–water partition coefficient (Wildman–Crippen LogP) is 5.25. The Morgan fingerprint density at radius 3 is 2.27 bits per heavy atom. The number of nitrogens with zero attached hydrogens (tertiary/aromatic N) is 1. The van der Waals surface area contributed by atoms with E-state index in [1.807, 2.05) is 51.1 Å². The number of aromatic nitrogens is 1. The zero-order chi connectivity index (χ0) is 21.9. The molecule has 0 spiro atoms. The zero-order valence-electron chi connectivity index (χ0n) is 17.3. The number of hydrogen-bond donors (Lipinski definition) is 2. The third-order valence-electron chi connectivity index (χ3n) is 4.28. The Hall–Kier alpha value is -3.32. The van der Waals surface area contributed by atoms with E-state index in [1.54, 1.807) is 24.3 Å². The number of nitrogens with one attached hydrogen (secondary N) is 2. The van der Waals surface area contributed by atoms with Crippen LogP contribution >= 0.6 is 11.3 Å². The molecule has 2 N–H and O–H groups in total. The van der Waals surface area contributed by atoms with Gasteiger partial charge in [-0.2, -0.15) is 0 Å². The van der Waals surface area contributed by atoms with Gasteiger partial charge in [-0.15, -0.1) is 0 Å². The van der Waals surface area contributed by atoms with Gasteiger partial charge in [-0.3, -0.25) is 19.7 Å². The van der Waals surface area contributed by atoms with Gasteiger partial charge in [0, 0.05) is 29.2 Å². The van der Waals surface area contributed by atoms with Gasteiger partial charge in [-0.05, 0) is 18.2 Å². The maximum absolute atomic E-state index is 12.7. The molecule has 0 fully saturated rings. The lowest BCUT2D eigenvalue weighted by Gasteiger charge is -2.17. The normalized spacial score (nSPS) is 11.1. The molecule has 0 unspecified atom stereocenters. The number of carbonyl (C=O) groups excluding carboxylic acids is 3. The van der Waals surface area contributed by atoms with Crippen molar-refractivity contribution in [2.45, 2.75) is 27.7 Å². The Kier molecular flexibility index (Phi) is 6.12. The average molecular weight is 422 g/mol. The molecule has 0 aliphatic rings. The van der Waals surface area contributed by atoms with Gasteiger partial charge >= 0.3 is 0 Å². The van der Waals surface area contributed by atoms with Gasteiger partial charge in [-0.1, -0.05) is 68.5 Å². The lowest BCUT2D eigenvalue weighted by Crippen LogP contribution is -2.27. The maximum atomic E-state index is 12.7. The van der Waals surface area contributed by atoms with Crippen LogP contribution in [-0.4, -0.2) is 22.6 Å². The van der Waals surface area contributed by atoms with Crippen molar-refractivity contribution in [3.63, 3.8) is 0 Å². The highest BCUT2D eigenvalue weighted by atomic mass is 32.1. The Balaban J connectivity index is 1.82. The molecule has 6 nitrogen and oxygen atoms in total. The molecule has 0 aliphatic carbocycles. The van der Waals surface area contributed by atoms with E-state index < -0.39 is 5.41 Å². The quantitative estimate of drug-likeness (QED) is 0.551. The molecular formula is C23H23N3O3S. The highest BCUT2D eigenvalue weighted by molar-refractivity contribution is 7.18. The van der Waals surface area contributed by atoms with Crippen LogP contribution in [0.2, 0.25) is 0 Å². The Morgan fingerprint density at radius 2 is 1.63 bits per heavy atom. The summed E-state index contributed by atoms with van der Waals surface area (Å²) in [5, 5.41) is 5.91. The summed E-state index contributed by atoms with van der Waals surface area (Å²) < 4.78 is 0. The molecule has 0 atom stereocenters. The second kappa shape index (κ2) is 8.59. The minimum Gasteiger partial charge on any atom is -0.326 e. The minimum atomic E-state index is -0.546. The number of Topliss-reactive ketones (excluding diaryl/α,β-unsaturated/α-hetero) is 1. The van der Waals surface area contributed by atoms with Crippen LogP contribution in [0.3, 0.4) is 0 Å². The van der Waals surface area contributed by atoms with E-state index in [-0.39, 0.29) is 17.6 Å². The van der Waals surface area contributed by atoms with Crippen LogP contribution in [0.15, 0.2) is 54.6 Å². The summed E-state index contributed by atoms with van der Waals surface area (Å²) >= 11 is 1.14. The SMILES string of the molecule is CC(=O)c1sc(NC(=O)c2cccc(NC(=O)C(C)(C)C)c2)nc1-c1ccccc1. The van der Waals surface area contributed by atoms with Gasteiger partial charge in [-0.25, -0.2) is 4.98 Å². The molecule has 3 rings (SSSR count). The molecule has 154 valence electrons. The average Bonchev–Trinajstić information content (AvgIpc) is 3.12. The van der Waals surface area contributed by atoms with E-state index in [0.717, 1.165) is 16.9 Å². The van der Waals surface area contributed by atoms with Gasteiger partial charge < -0.3 is 5.32 Å². The molecule has 1 heterocycles. The van der Waals surface area contributed by atoms with Crippen molar-refractivity contribution in [3.05, 3.63) is 65.0 Å². The van der Waals surface area contributed by atoms with E-state index >= 15 is 0 Å². The fraction of sp³-hybridized carbons (Fsp3) is 0.217. The van der Waals surface area contributed by atoms with Gasteiger partial charge in [0.15, 0.2) is 10.9 Å². The number of rotatable bonds is 5. The van der Waals surface area contributed by atoms with Crippen molar-refractivity contribution < 1.29 is 14.4 Å². The summed E-state index contributed by atoms with van der Waals surface area (Å²) in [5.74, 6) is -0.623. The molecular weight excluding hydrogens is 398 g/mol. The number of ketones is 1. The molecule has 7 heteroatoms. The summed E-state index contributed by atoms with van der Waals surface area (Å²) in [7, 11) is 0. The van der Waals surface area contributed by atoms with Crippen molar-refractivity contribution >= 4 is 39.8 Å². The van der Waals surface area contributed by atoms with Gasteiger partial charge in [0.05, 0.1) is 10.6 Å². The number of benzene rings is 2. The first-order valence-electron chi connectivity index (χ1n) is 9.45. The molecule has 30 heavy (non-hydrogen) atoms. The Labute approximate surface area is 179 Å². The smallest absolute Gasteiger partial charge is 0.257 e. The number of anilines is 2. The molecule has 2 amide bonds. The monoisotopic (exact) mass is 421 g/mol. The lowest BCUT2D eigenvalue weighted by atomic mass is 9.95. The second-order valence-electron chi connectivity index (χ2n) is 7.86. The Morgan fingerprint density at radius 1 is 0.933 bits per heavy atom. The van der Waals surface area contributed by atoms with Crippen molar-refractivity contribution in [3.8, 4) is 11.3 Å².